The first-order valence-corrected chi connectivity index (χ1v) is 10.3. The second-order valence-corrected chi connectivity index (χ2v) is 7.34. The minimum atomic E-state index is -0.791. The fraction of sp³-hybridized carbons (Fsp3) is 0.286. The predicted molar refractivity (Wildman–Crippen MR) is 107 cm³/mol. The Morgan fingerprint density at radius 2 is 1.59 bits per heavy atom. The van der Waals surface area contributed by atoms with Crippen LogP contribution in [0, 0.1) is 0 Å². The molecule has 6 heteroatoms. The van der Waals surface area contributed by atoms with Gasteiger partial charge in [0, 0.05) is 6.54 Å². The maximum atomic E-state index is 12.8. The van der Waals surface area contributed by atoms with Crippen molar-refractivity contribution in [1.82, 2.24) is 10.2 Å². The van der Waals surface area contributed by atoms with Crippen LogP contribution in [0.15, 0.2) is 54.6 Å². The van der Waals surface area contributed by atoms with E-state index in [0.29, 0.717) is 36.3 Å². The number of fused-ring (bicyclic) bond motifs is 1. The van der Waals surface area contributed by atoms with Gasteiger partial charge in [-0.05, 0) is 42.5 Å². The van der Waals surface area contributed by atoms with Crippen molar-refractivity contribution in [3.63, 3.8) is 0 Å². The minimum absolute atomic E-state index is 0.283. The lowest BCUT2D eigenvalue weighted by atomic mass is 10.1. The Kier molecular flexibility index (Phi) is 6.29. The molecule has 1 aliphatic heterocycles. The van der Waals surface area contributed by atoms with Crippen LogP contribution in [-0.2, 0) is 11.2 Å². The molecule has 0 fully saturated rings. The van der Waals surface area contributed by atoms with Crippen molar-refractivity contribution in [3.05, 3.63) is 71.3 Å². The first-order valence-electron chi connectivity index (χ1n) is 8.91. The number of amides is 3. The van der Waals surface area contributed by atoms with E-state index in [4.69, 9.17) is 0 Å². The second kappa shape index (κ2) is 8.86. The molecule has 3 rings (SSSR count). The van der Waals surface area contributed by atoms with E-state index < -0.39 is 6.04 Å². The van der Waals surface area contributed by atoms with E-state index in [-0.39, 0.29) is 17.7 Å². The number of nitrogens with one attached hydrogen (secondary N) is 1. The Labute approximate surface area is 163 Å². The molecule has 0 aliphatic carbocycles. The summed E-state index contributed by atoms with van der Waals surface area (Å²) in [6.45, 7) is 0.460. The predicted octanol–water partition coefficient (Wildman–Crippen LogP) is 2.76. The summed E-state index contributed by atoms with van der Waals surface area (Å²) in [6, 6.07) is 15.8. The van der Waals surface area contributed by atoms with Crippen LogP contribution in [0.5, 0.6) is 0 Å². The number of imide groups is 1. The van der Waals surface area contributed by atoms with Gasteiger partial charge in [-0.15, -0.1) is 0 Å². The van der Waals surface area contributed by atoms with Crippen LogP contribution in [0.3, 0.4) is 0 Å². The first-order chi connectivity index (χ1) is 13.1. The molecule has 2 aromatic carbocycles. The molecule has 140 valence electrons. The number of benzene rings is 2. The molecule has 1 N–H and O–H groups in total. The van der Waals surface area contributed by atoms with Gasteiger partial charge in [-0.2, -0.15) is 11.8 Å². The largest absolute Gasteiger partial charge is 0.354 e. The Balaban J connectivity index is 1.71. The highest BCUT2D eigenvalue weighted by atomic mass is 32.2. The van der Waals surface area contributed by atoms with Gasteiger partial charge in [-0.3, -0.25) is 19.3 Å². The molecule has 2 aromatic rings. The number of hydrogen-bond donors (Lipinski definition) is 1. The summed E-state index contributed by atoms with van der Waals surface area (Å²) in [5.41, 5.74) is 1.86. The van der Waals surface area contributed by atoms with Gasteiger partial charge in [0.1, 0.15) is 6.04 Å². The third kappa shape index (κ3) is 4.22. The van der Waals surface area contributed by atoms with Crippen LogP contribution in [-0.4, -0.2) is 47.2 Å². The zero-order chi connectivity index (χ0) is 19.2. The zero-order valence-electron chi connectivity index (χ0n) is 15.2. The third-order valence-corrected chi connectivity index (χ3v) is 5.23. The standard InChI is InChI=1S/C21H22N2O3S/c1-27-14-12-18(19(24)22-13-11-15-7-3-2-4-8-15)23-20(25)16-9-5-6-10-17(16)21(23)26/h2-10,18H,11-14H2,1H3,(H,22,24)/t18-/m1/s1. The lowest BCUT2D eigenvalue weighted by molar-refractivity contribution is -0.125. The van der Waals surface area contributed by atoms with Crippen LogP contribution in [0.4, 0.5) is 0 Å². The van der Waals surface area contributed by atoms with Gasteiger partial charge in [-0.1, -0.05) is 42.5 Å². The molecule has 1 aliphatic rings. The van der Waals surface area contributed by atoms with Gasteiger partial charge >= 0.3 is 0 Å². The Morgan fingerprint density at radius 3 is 2.19 bits per heavy atom. The monoisotopic (exact) mass is 382 g/mol. The van der Waals surface area contributed by atoms with E-state index in [1.54, 1.807) is 36.0 Å². The van der Waals surface area contributed by atoms with Crippen molar-refractivity contribution in [2.24, 2.45) is 0 Å². The summed E-state index contributed by atoms with van der Waals surface area (Å²) < 4.78 is 0. The minimum Gasteiger partial charge on any atom is -0.354 e. The molecule has 0 saturated carbocycles. The summed E-state index contributed by atoms with van der Waals surface area (Å²) in [5.74, 6) is -0.376. The van der Waals surface area contributed by atoms with E-state index in [1.807, 2.05) is 36.6 Å². The van der Waals surface area contributed by atoms with Crippen molar-refractivity contribution in [2.45, 2.75) is 18.9 Å². The maximum Gasteiger partial charge on any atom is 0.262 e. The Hall–Kier alpha value is -2.60. The summed E-state index contributed by atoms with van der Waals surface area (Å²) in [5, 5.41) is 2.89. The van der Waals surface area contributed by atoms with Crippen LogP contribution in [0.2, 0.25) is 0 Å². The first kappa shape index (κ1) is 19.2. The summed E-state index contributed by atoms with van der Waals surface area (Å²) in [4.78, 5) is 39.4. The molecule has 0 unspecified atom stereocenters. The molecule has 1 atom stereocenters. The lowest BCUT2D eigenvalue weighted by Crippen LogP contribution is -2.50. The quantitative estimate of drug-likeness (QED) is 0.713. The SMILES string of the molecule is CSCC[C@H](C(=O)NCCc1ccccc1)N1C(=O)c2ccccc2C1=O. The Morgan fingerprint density at radius 1 is 1.00 bits per heavy atom. The van der Waals surface area contributed by atoms with Gasteiger partial charge < -0.3 is 5.32 Å². The second-order valence-electron chi connectivity index (χ2n) is 6.35. The highest BCUT2D eigenvalue weighted by Gasteiger charge is 2.42. The molecular formula is C21H22N2O3S. The molecule has 27 heavy (non-hydrogen) atoms. The number of nitrogens with zero attached hydrogens (tertiary/aromatic N) is 1. The lowest BCUT2D eigenvalue weighted by Gasteiger charge is -2.25. The van der Waals surface area contributed by atoms with Crippen LogP contribution in [0.1, 0.15) is 32.7 Å². The fourth-order valence-corrected chi connectivity index (χ4v) is 3.65. The molecule has 0 saturated heterocycles. The van der Waals surface area contributed by atoms with Crippen molar-refractivity contribution in [3.8, 4) is 0 Å². The summed E-state index contributed by atoms with van der Waals surface area (Å²) in [6.07, 6.45) is 3.07. The van der Waals surface area contributed by atoms with Gasteiger partial charge in [-0.25, -0.2) is 0 Å². The molecule has 3 amide bonds. The van der Waals surface area contributed by atoms with Crippen molar-refractivity contribution < 1.29 is 14.4 Å². The number of rotatable bonds is 8. The zero-order valence-corrected chi connectivity index (χ0v) is 16.0. The number of hydrogen-bond acceptors (Lipinski definition) is 4. The van der Waals surface area contributed by atoms with Crippen molar-refractivity contribution in [1.29, 1.82) is 0 Å². The average molecular weight is 382 g/mol. The smallest absolute Gasteiger partial charge is 0.262 e. The van der Waals surface area contributed by atoms with Crippen molar-refractivity contribution in [2.75, 3.05) is 18.6 Å². The fourth-order valence-electron chi connectivity index (χ4n) is 3.19. The van der Waals surface area contributed by atoms with Gasteiger partial charge in [0.2, 0.25) is 5.91 Å². The van der Waals surface area contributed by atoms with E-state index in [0.717, 1.165) is 10.5 Å². The molecule has 1 heterocycles. The van der Waals surface area contributed by atoms with E-state index in [1.165, 1.54) is 0 Å². The van der Waals surface area contributed by atoms with E-state index in [2.05, 4.69) is 5.32 Å². The van der Waals surface area contributed by atoms with Gasteiger partial charge in [0.15, 0.2) is 0 Å². The molecule has 0 spiro atoms. The van der Waals surface area contributed by atoms with Gasteiger partial charge in [0.05, 0.1) is 11.1 Å². The van der Waals surface area contributed by atoms with Crippen molar-refractivity contribution >= 4 is 29.5 Å². The number of thioether (sulfide) groups is 1. The molecule has 5 nitrogen and oxygen atoms in total. The summed E-state index contributed by atoms with van der Waals surface area (Å²) in [7, 11) is 0. The van der Waals surface area contributed by atoms with Crippen LogP contribution < -0.4 is 5.32 Å². The van der Waals surface area contributed by atoms with Gasteiger partial charge in [0.25, 0.3) is 11.8 Å². The number of carbonyl (C=O) groups is 3. The molecular weight excluding hydrogens is 360 g/mol. The van der Waals surface area contributed by atoms with E-state index in [9.17, 15) is 14.4 Å². The highest BCUT2D eigenvalue weighted by molar-refractivity contribution is 7.98. The Bertz CT molecular complexity index is 803. The normalized spacial score (nSPS) is 14.2. The third-order valence-electron chi connectivity index (χ3n) is 4.59. The highest BCUT2D eigenvalue weighted by Crippen LogP contribution is 2.26. The number of carbonyl (C=O) groups excluding carboxylic acids is 3. The average Bonchev–Trinajstić information content (AvgIpc) is 2.95. The van der Waals surface area contributed by atoms with Crippen LogP contribution in [0.25, 0.3) is 0 Å². The summed E-state index contributed by atoms with van der Waals surface area (Å²) >= 11 is 1.58. The molecule has 0 bridgehead atoms. The van der Waals surface area contributed by atoms with E-state index >= 15 is 0 Å². The van der Waals surface area contributed by atoms with Crippen LogP contribution >= 0.6 is 11.8 Å². The molecule has 0 radical (unpaired) electrons. The maximum absolute atomic E-state index is 12.8. The molecule has 0 aromatic heterocycles. The topological polar surface area (TPSA) is 66.5 Å².